The SMILES string of the molecule is NCC1CC(=O)CCC1C(F)(F)F. The smallest absolute Gasteiger partial charge is 0.330 e. The Balaban J connectivity index is 2.68. The molecular weight excluding hydrogens is 183 g/mol. The van der Waals surface area contributed by atoms with Crippen LogP contribution in [-0.4, -0.2) is 18.5 Å². The van der Waals surface area contributed by atoms with Gasteiger partial charge in [0.25, 0.3) is 0 Å². The third-order valence-corrected chi connectivity index (χ3v) is 2.52. The molecule has 2 atom stereocenters. The molecule has 0 radical (unpaired) electrons. The Bertz CT molecular complexity index is 202. The standard InChI is InChI=1S/C8H12F3NO/c9-8(10,11)7-2-1-6(13)3-5(7)4-12/h5,7H,1-4,12H2. The maximum Gasteiger partial charge on any atom is 0.392 e. The summed E-state index contributed by atoms with van der Waals surface area (Å²) in [5.74, 6) is -2.19. The van der Waals surface area contributed by atoms with Gasteiger partial charge in [-0.3, -0.25) is 4.79 Å². The fraction of sp³-hybridized carbons (Fsp3) is 0.875. The van der Waals surface area contributed by atoms with E-state index in [0.29, 0.717) is 0 Å². The first kappa shape index (κ1) is 10.5. The number of rotatable bonds is 1. The van der Waals surface area contributed by atoms with E-state index in [1.54, 1.807) is 0 Å². The van der Waals surface area contributed by atoms with Crippen LogP contribution < -0.4 is 5.73 Å². The molecular formula is C8H12F3NO. The normalized spacial score (nSPS) is 30.6. The average Bonchev–Trinajstić information content (AvgIpc) is 2.01. The van der Waals surface area contributed by atoms with Gasteiger partial charge in [0.15, 0.2) is 0 Å². The van der Waals surface area contributed by atoms with Crippen molar-refractivity contribution in [1.82, 2.24) is 0 Å². The molecule has 0 spiro atoms. The summed E-state index contributed by atoms with van der Waals surface area (Å²) in [6.45, 7) is -0.0596. The molecule has 0 bridgehead atoms. The lowest BCUT2D eigenvalue weighted by molar-refractivity contribution is -0.194. The van der Waals surface area contributed by atoms with Crippen molar-refractivity contribution in [3.63, 3.8) is 0 Å². The fourth-order valence-electron chi connectivity index (χ4n) is 1.77. The van der Waals surface area contributed by atoms with Crippen molar-refractivity contribution >= 4 is 5.78 Å². The lowest BCUT2D eigenvalue weighted by Crippen LogP contribution is -2.39. The number of carbonyl (C=O) groups excluding carboxylic acids is 1. The number of ketones is 1. The topological polar surface area (TPSA) is 43.1 Å². The monoisotopic (exact) mass is 195 g/mol. The molecule has 0 aliphatic heterocycles. The highest BCUT2D eigenvalue weighted by Gasteiger charge is 2.46. The number of alkyl halides is 3. The molecule has 1 aliphatic carbocycles. The predicted molar refractivity (Wildman–Crippen MR) is 40.9 cm³/mol. The van der Waals surface area contributed by atoms with Gasteiger partial charge in [-0.2, -0.15) is 13.2 Å². The average molecular weight is 195 g/mol. The molecule has 0 aromatic heterocycles. The number of Topliss-reactive ketones (excluding diaryl/α,β-unsaturated/α-hetero) is 1. The lowest BCUT2D eigenvalue weighted by Gasteiger charge is -2.31. The molecule has 76 valence electrons. The quantitative estimate of drug-likeness (QED) is 0.688. The van der Waals surface area contributed by atoms with E-state index in [-0.39, 0.29) is 31.6 Å². The maximum absolute atomic E-state index is 12.3. The summed E-state index contributed by atoms with van der Waals surface area (Å²) in [6, 6.07) is 0. The minimum Gasteiger partial charge on any atom is -0.330 e. The van der Waals surface area contributed by atoms with Crippen molar-refractivity contribution in [2.24, 2.45) is 17.6 Å². The Morgan fingerprint density at radius 2 is 2.08 bits per heavy atom. The fourth-order valence-corrected chi connectivity index (χ4v) is 1.77. The van der Waals surface area contributed by atoms with E-state index >= 15 is 0 Å². The van der Waals surface area contributed by atoms with Gasteiger partial charge in [-0.25, -0.2) is 0 Å². The molecule has 5 heteroatoms. The minimum absolute atomic E-state index is 0.0132. The van der Waals surface area contributed by atoms with Crippen LogP contribution >= 0.6 is 0 Å². The van der Waals surface area contributed by atoms with Crippen LogP contribution in [0.15, 0.2) is 0 Å². The van der Waals surface area contributed by atoms with Crippen LogP contribution in [-0.2, 0) is 4.79 Å². The van der Waals surface area contributed by atoms with Gasteiger partial charge in [-0.05, 0) is 18.9 Å². The molecule has 0 saturated heterocycles. The van der Waals surface area contributed by atoms with Crippen molar-refractivity contribution < 1.29 is 18.0 Å². The highest BCUT2D eigenvalue weighted by Crippen LogP contribution is 2.39. The van der Waals surface area contributed by atoms with Gasteiger partial charge in [-0.15, -0.1) is 0 Å². The van der Waals surface area contributed by atoms with E-state index in [1.165, 1.54) is 0 Å². The van der Waals surface area contributed by atoms with Crippen LogP contribution in [0.25, 0.3) is 0 Å². The van der Waals surface area contributed by atoms with Gasteiger partial charge in [0.1, 0.15) is 5.78 Å². The molecule has 0 aromatic rings. The molecule has 0 aromatic carbocycles. The molecule has 1 rings (SSSR count). The summed E-state index contributed by atoms with van der Waals surface area (Å²) in [6.07, 6.45) is -4.27. The van der Waals surface area contributed by atoms with E-state index in [4.69, 9.17) is 5.73 Å². The number of hydrogen-bond donors (Lipinski definition) is 1. The Morgan fingerprint density at radius 3 is 2.54 bits per heavy atom. The molecule has 2 unspecified atom stereocenters. The van der Waals surface area contributed by atoms with Crippen LogP contribution in [0.4, 0.5) is 13.2 Å². The molecule has 0 amide bonds. The molecule has 1 aliphatic rings. The van der Waals surface area contributed by atoms with Gasteiger partial charge >= 0.3 is 6.18 Å². The summed E-state index contributed by atoms with van der Waals surface area (Å²) in [5.41, 5.74) is 5.20. The zero-order chi connectivity index (χ0) is 10.1. The molecule has 1 fully saturated rings. The molecule has 1 saturated carbocycles. The third kappa shape index (κ3) is 2.43. The largest absolute Gasteiger partial charge is 0.392 e. The number of nitrogens with two attached hydrogens (primary N) is 1. The third-order valence-electron chi connectivity index (χ3n) is 2.52. The zero-order valence-corrected chi connectivity index (χ0v) is 7.10. The van der Waals surface area contributed by atoms with Crippen LogP contribution in [0.1, 0.15) is 19.3 Å². The van der Waals surface area contributed by atoms with Crippen LogP contribution in [0.5, 0.6) is 0 Å². The first-order valence-corrected chi connectivity index (χ1v) is 4.23. The van der Waals surface area contributed by atoms with Gasteiger partial charge in [0.05, 0.1) is 5.92 Å². The van der Waals surface area contributed by atoms with Crippen molar-refractivity contribution in [2.45, 2.75) is 25.4 Å². The van der Waals surface area contributed by atoms with Gasteiger partial charge in [-0.1, -0.05) is 0 Å². The van der Waals surface area contributed by atoms with Crippen molar-refractivity contribution in [1.29, 1.82) is 0 Å². The number of hydrogen-bond acceptors (Lipinski definition) is 2. The van der Waals surface area contributed by atoms with Crippen molar-refractivity contribution in [2.75, 3.05) is 6.54 Å². The van der Waals surface area contributed by atoms with E-state index in [0.717, 1.165) is 0 Å². The van der Waals surface area contributed by atoms with Crippen LogP contribution in [0.3, 0.4) is 0 Å². The second-order valence-electron chi connectivity index (χ2n) is 3.43. The van der Waals surface area contributed by atoms with Crippen LogP contribution in [0.2, 0.25) is 0 Å². The van der Waals surface area contributed by atoms with E-state index in [2.05, 4.69) is 0 Å². The highest BCUT2D eigenvalue weighted by molar-refractivity contribution is 5.79. The summed E-state index contributed by atoms with van der Waals surface area (Å²) < 4.78 is 37.0. The van der Waals surface area contributed by atoms with E-state index in [1.807, 2.05) is 0 Å². The van der Waals surface area contributed by atoms with E-state index < -0.39 is 18.0 Å². The Morgan fingerprint density at radius 1 is 1.46 bits per heavy atom. The Kier molecular flexibility index (Phi) is 2.95. The van der Waals surface area contributed by atoms with Crippen LogP contribution in [0, 0.1) is 11.8 Å². The Hall–Kier alpha value is -0.580. The second-order valence-corrected chi connectivity index (χ2v) is 3.43. The van der Waals surface area contributed by atoms with Gasteiger partial charge in [0, 0.05) is 12.8 Å². The highest BCUT2D eigenvalue weighted by atomic mass is 19.4. The molecule has 13 heavy (non-hydrogen) atoms. The summed E-state index contributed by atoms with van der Waals surface area (Å²) in [4.78, 5) is 10.9. The van der Waals surface area contributed by atoms with Crippen molar-refractivity contribution in [3.8, 4) is 0 Å². The second kappa shape index (κ2) is 3.65. The van der Waals surface area contributed by atoms with Gasteiger partial charge in [0.2, 0.25) is 0 Å². The summed E-state index contributed by atoms with van der Waals surface area (Å²) in [5, 5.41) is 0. The number of halogens is 3. The molecule has 2 N–H and O–H groups in total. The predicted octanol–water partition coefficient (Wildman–Crippen LogP) is 1.49. The lowest BCUT2D eigenvalue weighted by atomic mass is 9.78. The van der Waals surface area contributed by atoms with E-state index in [9.17, 15) is 18.0 Å². The number of carbonyl (C=O) groups is 1. The molecule has 0 heterocycles. The first-order valence-electron chi connectivity index (χ1n) is 4.23. The minimum atomic E-state index is -4.20. The maximum atomic E-state index is 12.3. The first-order chi connectivity index (χ1) is 5.95. The Labute approximate surface area is 74.3 Å². The zero-order valence-electron chi connectivity index (χ0n) is 7.10. The van der Waals surface area contributed by atoms with Crippen molar-refractivity contribution in [3.05, 3.63) is 0 Å². The molecule has 2 nitrogen and oxygen atoms in total. The summed E-state index contributed by atoms with van der Waals surface area (Å²) in [7, 11) is 0. The van der Waals surface area contributed by atoms with Gasteiger partial charge < -0.3 is 5.73 Å². The summed E-state index contributed by atoms with van der Waals surface area (Å²) >= 11 is 0.